The molecule has 2 aliphatic rings. The van der Waals surface area contributed by atoms with Crippen molar-refractivity contribution >= 4 is 17.5 Å². The van der Waals surface area contributed by atoms with Crippen molar-refractivity contribution in [2.75, 3.05) is 18.5 Å². The van der Waals surface area contributed by atoms with Crippen LogP contribution in [0.25, 0.3) is 0 Å². The van der Waals surface area contributed by atoms with E-state index >= 15 is 0 Å². The second-order valence-electron chi connectivity index (χ2n) is 5.70. The van der Waals surface area contributed by atoms with Crippen LogP contribution in [0.2, 0.25) is 0 Å². The smallest absolute Gasteiger partial charge is 0.313 e. The number of hydrogen-bond donors (Lipinski definition) is 2. The fourth-order valence-corrected chi connectivity index (χ4v) is 2.89. The molecule has 1 saturated heterocycles. The zero-order valence-corrected chi connectivity index (χ0v) is 12.3. The Hall–Kier alpha value is -1.92. The van der Waals surface area contributed by atoms with E-state index in [1.165, 1.54) is 0 Å². The lowest BCUT2D eigenvalue weighted by Crippen LogP contribution is -2.40. The molecular formula is C16H20N2O4. The van der Waals surface area contributed by atoms with Gasteiger partial charge in [0.05, 0.1) is 6.61 Å². The molecular weight excluding hydrogens is 284 g/mol. The minimum atomic E-state index is -0.680. The fraction of sp³-hybridized carbons (Fsp3) is 0.500. The highest BCUT2D eigenvalue weighted by molar-refractivity contribution is 6.39. The normalized spacial score (nSPS) is 22.6. The predicted octanol–water partition coefficient (Wildman–Crippen LogP) is 1.43. The lowest BCUT2D eigenvalue weighted by atomic mass is 10.2. The molecule has 3 rings (SSSR count). The average Bonchev–Trinajstić information content (AvgIpc) is 3.16. The molecule has 1 aliphatic carbocycles. The van der Waals surface area contributed by atoms with Crippen LogP contribution in [0.4, 0.5) is 5.69 Å². The third-order valence-electron chi connectivity index (χ3n) is 4.01. The number of anilines is 1. The zero-order valence-electron chi connectivity index (χ0n) is 12.3. The lowest BCUT2D eigenvalue weighted by Gasteiger charge is -2.21. The van der Waals surface area contributed by atoms with Crippen LogP contribution in [0.3, 0.4) is 0 Å². The zero-order chi connectivity index (χ0) is 15.4. The summed E-state index contributed by atoms with van der Waals surface area (Å²) < 4.78 is 11.6. The predicted molar refractivity (Wildman–Crippen MR) is 80.1 cm³/mol. The molecule has 1 spiro atoms. The first-order valence-corrected chi connectivity index (χ1v) is 7.63. The lowest BCUT2D eigenvalue weighted by molar-refractivity contribution is -0.161. The van der Waals surface area contributed by atoms with Gasteiger partial charge in [0.1, 0.15) is 6.10 Å². The fourth-order valence-electron chi connectivity index (χ4n) is 2.89. The summed E-state index contributed by atoms with van der Waals surface area (Å²) in [6.07, 6.45) is 3.85. The van der Waals surface area contributed by atoms with Gasteiger partial charge in [0, 0.05) is 25.1 Å². The van der Waals surface area contributed by atoms with Crippen LogP contribution in [0.1, 0.15) is 25.7 Å². The monoisotopic (exact) mass is 304 g/mol. The highest BCUT2D eigenvalue weighted by Gasteiger charge is 2.43. The average molecular weight is 304 g/mol. The largest absolute Gasteiger partial charge is 0.347 e. The summed E-state index contributed by atoms with van der Waals surface area (Å²) in [5.41, 5.74) is 0.591. The minimum absolute atomic E-state index is 0.188. The Labute approximate surface area is 129 Å². The van der Waals surface area contributed by atoms with Crippen molar-refractivity contribution in [1.29, 1.82) is 0 Å². The summed E-state index contributed by atoms with van der Waals surface area (Å²) in [7, 11) is 0. The van der Waals surface area contributed by atoms with Gasteiger partial charge in [-0.15, -0.1) is 0 Å². The minimum Gasteiger partial charge on any atom is -0.347 e. The Morgan fingerprint density at radius 2 is 1.86 bits per heavy atom. The molecule has 1 aromatic rings. The summed E-state index contributed by atoms with van der Waals surface area (Å²) in [6.45, 7) is 0.739. The Morgan fingerprint density at radius 1 is 1.14 bits per heavy atom. The van der Waals surface area contributed by atoms with Crippen LogP contribution in [0.5, 0.6) is 0 Å². The van der Waals surface area contributed by atoms with Crippen molar-refractivity contribution in [3.8, 4) is 0 Å². The van der Waals surface area contributed by atoms with E-state index in [2.05, 4.69) is 10.6 Å². The van der Waals surface area contributed by atoms with E-state index in [0.29, 0.717) is 12.3 Å². The van der Waals surface area contributed by atoms with Crippen molar-refractivity contribution < 1.29 is 19.1 Å². The molecule has 2 fully saturated rings. The van der Waals surface area contributed by atoms with Crippen LogP contribution in [0.15, 0.2) is 30.3 Å². The van der Waals surface area contributed by atoms with Crippen LogP contribution < -0.4 is 10.6 Å². The molecule has 1 aliphatic heterocycles. The van der Waals surface area contributed by atoms with Crippen LogP contribution in [-0.2, 0) is 19.1 Å². The van der Waals surface area contributed by atoms with Crippen molar-refractivity contribution in [3.63, 3.8) is 0 Å². The number of carbonyl (C=O) groups excluding carboxylic acids is 2. The number of benzene rings is 1. The van der Waals surface area contributed by atoms with E-state index in [0.717, 1.165) is 25.7 Å². The van der Waals surface area contributed by atoms with Gasteiger partial charge in [0.2, 0.25) is 0 Å². The number of rotatable bonds is 3. The van der Waals surface area contributed by atoms with Gasteiger partial charge in [-0.3, -0.25) is 9.59 Å². The van der Waals surface area contributed by atoms with Gasteiger partial charge in [-0.25, -0.2) is 0 Å². The van der Waals surface area contributed by atoms with Gasteiger partial charge in [-0.05, 0) is 25.0 Å². The van der Waals surface area contributed by atoms with Crippen molar-refractivity contribution in [1.82, 2.24) is 5.32 Å². The maximum atomic E-state index is 11.8. The third-order valence-corrected chi connectivity index (χ3v) is 4.01. The highest BCUT2D eigenvalue weighted by atomic mass is 16.7. The Bertz CT molecular complexity index is 540. The molecule has 1 atom stereocenters. The van der Waals surface area contributed by atoms with Gasteiger partial charge in [-0.2, -0.15) is 0 Å². The van der Waals surface area contributed by atoms with Crippen LogP contribution >= 0.6 is 0 Å². The molecule has 22 heavy (non-hydrogen) atoms. The van der Waals surface area contributed by atoms with E-state index in [9.17, 15) is 9.59 Å². The van der Waals surface area contributed by atoms with E-state index in [-0.39, 0.29) is 12.6 Å². The molecule has 2 N–H and O–H groups in total. The molecule has 1 heterocycles. The molecule has 1 unspecified atom stereocenters. The van der Waals surface area contributed by atoms with Crippen molar-refractivity contribution in [2.45, 2.75) is 37.6 Å². The number of nitrogens with one attached hydrogen (secondary N) is 2. The maximum absolute atomic E-state index is 11.8. The first kappa shape index (κ1) is 15.0. The number of amides is 2. The molecule has 118 valence electrons. The first-order valence-electron chi connectivity index (χ1n) is 7.63. The van der Waals surface area contributed by atoms with Crippen LogP contribution in [0, 0.1) is 0 Å². The molecule has 0 bridgehead atoms. The van der Waals surface area contributed by atoms with Crippen molar-refractivity contribution in [3.05, 3.63) is 30.3 Å². The molecule has 6 heteroatoms. The molecule has 1 aromatic carbocycles. The Kier molecular flexibility index (Phi) is 4.40. The van der Waals surface area contributed by atoms with Gasteiger partial charge in [0.25, 0.3) is 0 Å². The third kappa shape index (κ3) is 3.45. The first-order chi connectivity index (χ1) is 10.7. The Balaban J connectivity index is 1.43. The summed E-state index contributed by atoms with van der Waals surface area (Å²) in [5.74, 6) is -1.79. The summed E-state index contributed by atoms with van der Waals surface area (Å²) in [6, 6.07) is 8.87. The number of carbonyl (C=O) groups is 2. The topological polar surface area (TPSA) is 76.7 Å². The molecule has 1 saturated carbocycles. The Morgan fingerprint density at radius 3 is 2.59 bits per heavy atom. The quantitative estimate of drug-likeness (QED) is 0.828. The number of para-hydroxylation sites is 1. The maximum Gasteiger partial charge on any atom is 0.313 e. The molecule has 0 aromatic heterocycles. The van der Waals surface area contributed by atoms with Gasteiger partial charge < -0.3 is 20.1 Å². The van der Waals surface area contributed by atoms with E-state index < -0.39 is 17.6 Å². The van der Waals surface area contributed by atoms with Crippen LogP contribution in [-0.4, -0.2) is 36.9 Å². The number of hydrogen-bond acceptors (Lipinski definition) is 4. The molecule has 0 radical (unpaired) electrons. The van der Waals surface area contributed by atoms with E-state index in [4.69, 9.17) is 9.47 Å². The second-order valence-corrected chi connectivity index (χ2v) is 5.70. The molecule has 2 amide bonds. The van der Waals surface area contributed by atoms with E-state index in [1.807, 2.05) is 6.07 Å². The SMILES string of the molecule is O=C(NCC1COC2(CCCC2)O1)C(=O)Nc1ccccc1. The summed E-state index contributed by atoms with van der Waals surface area (Å²) >= 11 is 0. The summed E-state index contributed by atoms with van der Waals surface area (Å²) in [5, 5.41) is 5.14. The summed E-state index contributed by atoms with van der Waals surface area (Å²) in [4.78, 5) is 23.6. The van der Waals surface area contributed by atoms with Crippen molar-refractivity contribution in [2.24, 2.45) is 0 Å². The van der Waals surface area contributed by atoms with Gasteiger partial charge >= 0.3 is 11.8 Å². The van der Waals surface area contributed by atoms with Gasteiger partial charge in [-0.1, -0.05) is 18.2 Å². The number of ether oxygens (including phenoxy) is 2. The second kappa shape index (κ2) is 6.46. The van der Waals surface area contributed by atoms with Gasteiger partial charge in [0.15, 0.2) is 5.79 Å². The highest BCUT2D eigenvalue weighted by Crippen LogP contribution is 2.38. The standard InChI is InChI=1S/C16H20N2O4/c19-14(15(20)18-12-6-2-1-3-7-12)17-10-13-11-21-16(22-13)8-4-5-9-16/h1-3,6-7,13H,4-5,8-11H2,(H,17,19)(H,18,20). The van der Waals surface area contributed by atoms with E-state index in [1.54, 1.807) is 24.3 Å². The molecule has 6 nitrogen and oxygen atoms in total.